The van der Waals surface area contributed by atoms with E-state index in [4.69, 9.17) is 14.7 Å². The lowest BCUT2D eigenvalue weighted by Gasteiger charge is -2.40. The molecular weight excluding hydrogens is 544 g/mol. The van der Waals surface area contributed by atoms with Crippen LogP contribution in [0.4, 0.5) is 27.9 Å². The van der Waals surface area contributed by atoms with Crippen molar-refractivity contribution < 1.29 is 9.53 Å². The van der Waals surface area contributed by atoms with Crippen LogP contribution in [0, 0.1) is 18.3 Å². The van der Waals surface area contributed by atoms with Gasteiger partial charge in [0.2, 0.25) is 5.95 Å². The van der Waals surface area contributed by atoms with Gasteiger partial charge in [0.15, 0.2) is 11.5 Å². The number of benzene rings is 2. The second kappa shape index (κ2) is 10.9. The fourth-order valence-electron chi connectivity index (χ4n) is 5.56. The van der Waals surface area contributed by atoms with Gasteiger partial charge in [-0.05, 0) is 67.8 Å². The highest BCUT2D eigenvalue weighted by Gasteiger charge is 2.32. The molecule has 2 aromatic carbocycles. The van der Waals surface area contributed by atoms with Crippen LogP contribution in [0.5, 0.6) is 11.5 Å². The number of para-hydroxylation sites is 1. The molecule has 5 aromatic rings. The molecule has 0 spiro atoms. The van der Waals surface area contributed by atoms with Crippen molar-refractivity contribution in [1.29, 1.82) is 5.26 Å². The number of aromatic nitrogens is 5. The number of carbonyl (C=O) groups excluding carboxylic acids is 1. The maximum Gasteiger partial charge on any atom is 0.322 e. The number of nitrogens with zero attached hydrogens (tertiary/aromatic N) is 8. The molecule has 0 saturated carbocycles. The number of pyridine rings is 1. The van der Waals surface area contributed by atoms with Crippen molar-refractivity contribution in [3.05, 3.63) is 90.0 Å². The average Bonchev–Trinajstić information content (AvgIpc) is 3.39. The third kappa shape index (κ3) is 5.12. The number of nitrogens with one attached hydrogen (secondary N) is 2. The summed E-state index contributed by atoms with van der Waals surface area (Å²) in [7, 11) is 0. The van der Waals surface area contributed by atoms with E-state index in [-0.39, 0.29) is 12.1 Å². The fourth-order valence-corrected chi connectivity index (χ4v) is 5.56. The van der Waals surface area contributed by atoms with Crippen molar-refractivity contribution in [2.75, 3.05) is 28.6 Å². The number of amides is 2. The second-order valence-corrected chi connectivity index (χ2v) is 10.5. The highest BCUT2D eigenvalue weighted by molar-refractivity contribution is 5.92. The van der Waals surface area contributed by atoms with Crippen molar-refractivity contribution in [2.45, 2.75) is 32.4 Å². The predicted molar refractivity (Wildman–Crippen MR) is 161 cm³/mol. The number of nitriles is 1. The van der Waals surface area contributed by atoms with Crippen LogP contribution in [-0.2, 0) is 6.54 Å². The van der Waals surface area contributed by atoms with Gasteiger partial charge in [-0.2, -0.15) is 19.7 Å². The summed E-state index contributed by atoms with van der Waals surface area (Å²) in [6, 6.07) is 21.2. The van der Waals surface area contributed by atoms with Gasteiger partial charge in [0.25, 0.3) is 0 Å². The lowest BCUT2D eigenvalue weighted by atomic mass is 10.0. The normalized spacial score (nSPS) is 15.1. The number of hydrogen-bond acceptors (Lipinski definition) is 9. The number of urea groups is 1. The molecule has 0 unspecified atom stereocenters. The minimum atomic E-state index is -0.0560. The molecule has 2 aliphatic heterocycles. The third-order valence-corrected chi connectivity index (χ3v) is 7.80. The Bertz CT molecular complexity index is 1840. The molecule has 2 aliphatic rings. The SMILES string of the molecule is Cc1nc(N2CCC(N3Cc4ccccc4NC3=O)CC2)nc2c(C#N)c(Nc3ccc(Oc4ccncc4)cc3)nn12. The number of rotatable bonds is 6. The van der Waals surface area contributed by atoms with Gasteiger partial charge in [0, 0.05) is 49.4 Å². The molecule has 5 heterocycles. The molecule has 0 atom stereocenters. The van der Waals surface area contributed by atoms with Gasteiger partial charge in [-0.3, -0.25) is 4.98 Å². The van der Waals surface area contributed by atoms with Crippen molar-refractivity contribution in [3.63, 3.8) is 0 Å². The first-order valence-corrected chi connectivity index (χ1v) is 14.1. The summed E-state index contributed by atoms with van der Waals surface area (Å²) in [6.45, 7) is 3.84. The van der Waals surface area contributed by atoms with Gasteiger partial charge >= 0.3 is 6.03 Å². The zero-order valence-electron chi connectivity index (χ0n) is 23.4. The molecule has 1 saturated heterocycles. The van der Waals surface area contributed by atoms with Crippen molar-refractivity contribution in [1.82, 2.24) is 29.5 Å². The second-order valence-electron chi connectivity index (χ2n) is 10.5. The Morgan fingerprint density at radius 2 is 1.74 bits per heavy atom. The lowest BCUT2D eigenvalue weighted by molar-refractivity contribution is 0.167. The van der Waals surface area contributed by atoms with E-state index in [1.807, 2.05) is 54.3 Å². The molecule has 214 valence electrons. The number of ether oxygens (including phenoxy) is 1. The first-order chi connectivity index (χ1) is 21.1. The largest absolute Gasteiger partial charge is 0.457 e. The fraction of sp³-hybridized carbons (Fsp3) is 0.226. The highest BCUT2D eigenvalue weighted by Crippen LogP contribution is 2.30. The van der Waals surface area contributed by atoms with E-state index in [1.165, 1.54) is 0 Å². The van der Waals surface area contributed by atoms with Crippen LogP contribution in [0.2, 0.25) is 0 Å². The molecule has 0 radical (unpaired) electrons. The van der Waals surface area contributed by atoms with Gasteiger partial charge < -0.3 is 25.2 Å². The van der Waals surface area contributed by atoms with E-state index in [9.17, 15) is 10.1 Å². The molecule has 3 aromatic heterocycles. The van der Waals surface area contributed by atoms with E-state index in [1.54, 1.807) is 29.0 Å². The molecule has 12 heteroatoms. The Hall–Kier alpha value is -5.70. The van der Waals surface area contributed by atoms with E-state index < -0.39 is 0 Å². The number of anilines is 4. The van der Waals surface area contributed by atoms with Crippen LogP contribution in [0.25, 0.3) is 5.65 Å². The Morgan fingerprint density at radius 1 is 1.00 bits per heavy atom. The molecule has 12 nitrogen and oxygen atoms in total. The van der Waals surface area contributed by atoms with E-state index >= 15 is 0 Å². The minimum absolute atomic E-state index is 0.0560. The van der Waals surface area contributed by atoms with Gasteiger partial charge in [0.05, 0.1) is 0 Å². The zero-order valence-corrected chi connectivity index (χ0v) is 23.4. The van der Waals surface area contributed by atoms with Gasteiger partial charge in [-0.25, -0.2) is 4.79 Å². The van der Waals surface area contributed by atoms with Crippen molar-refractivity contribution >= 4 is 34.8 Å². The summed E-state index contributed by atoms with van der Waals surface area (Å²) >= 11 is 0. The molecule has 1 fully saturated rings. The first kappa shape index (κ1) is 26.2. The number of hydrogen-bond donors (Lipinski definition) is 2. The van der Waals surface area contributed by atoms with Crippen LogP contribution < -0.4 is 20.3 Å². The summed E-state index contributed by atoms with van der Waals surface area (Å²) < 4.78 is 7.43. The quantitative estimate of drug-likeness (QED) is 0.279. The van der Waals surface area contributed by atoms with Crippen LogP contribution in [-0.4, -0.2) is 54.6 Å². The Kier molecular flexibility index (Phi) is 6.67. The summed E-state index contributed by atoms with van der Waals surface area (Å²) in [4.78, 5) is 30.3. The molecule has 0 bridgehead atoms. The number of fused-ring (bicyclic) bond motifs is 2. The van der Waals surface area contributed by atoms with E-state index in [0.717, 1.165) is 29.8 Å². The number of piperidine rings is 1. The summed E-state index contributed by atoms with van der Waals surface area (Å²) in [5.41, 5.74) is 3.53. The minimum Gasteiger partial charge on any atom is -0.457 e. The van der Waals surface area contributed by atoms with Gasteiger partial charge in [-0.1, -0.05) is 18.2 Å². The van der Waals surface area contributed by atoms with Crippen molar-refractivity contribution in [3.8, 4) is 17.6 Å². The van der Waals surface area contributed by atoms with Crippen molar-refractivity contribution in [2.24, 2.45) is 0 Å². The molecule has 0 aliphatic carbocycles. The Morgan fingerprint density at radius 3 is 2.51 bits per heavy atom. The molecule has 2 amide bonds. The molecule has 43 heavy (non-hydrogen) atoms. The number of carbonyl (C=O) groups is 1. The Labute approximate surface area is 247 Å². The topological polar surface area (TPSA) is 137 Å². The van der Waals surface area contributed by atoms with Crippen LogP contribution >= 0.6 is 0 Å². The smallest absolute Gasteiger partial charge is 0.322 e. The van der Waals surface area contributed by atoms with Crippen LogP contribution in [0.3, 0.4) is 0 Å². The molecule has 2 N–H and O–H groups in total. The van der Waals surface area contributed by atoms with Crippen LogP contribution in [0.15, 0.2) is 73.1 Å². The zero-order chi connectivity index (χ0) is 29.3. The summed E-state index contributed by atoms with van der Waals surface area (Å²) in [6.07, 6.45) is 4.93. The van der Waals surface area contributed by atoms with Gasteiger partial charge in [0.1, 0.15) is 29.0 Å². The molecular formula is C31H28N10O2. The standard InChI is InChI=1S/C31H28N10O2/c1-20-34-30(39-16-12-23(13-17-39)40-19-21-4-2-3-5-27(21)36-31(40)42)37-29-26(18-32)28(38-41(20)29)35-22-6-8-24(9-7-22)43-25-10-14-33-15-11-25/h2-11,14-15,23H,12-13,16-17,19H2,1H3,(H,35,38)(H,36,42). The lowest BCUT2D eigenvalue weighted by Crippen LogP contribution is -2.50. The Balaban J connectivity index is 1.06. The summed E-state index contributed by atoms with van der Waals surface area (Å²) in [5, 5.41) is 20.9. The third-order valence-electron chi connectivity index (χ3n) is 7.80. The maximum atomic E-state index is 12.8. The monoisotopic (exact) mass is 572 g/mol. The maximum absolute atomic E-state index is 12.8. The number of aryl methyl sites for hydroxylation is 1. The highest BCUT2D eigenvalue weighted by atomic mass is 16.5. The van der Waals surface area contributed by atoms with Crippen LogP contribution in [0.1, 0.15) is 29.8 Å². The predicted octanol–water partition coefficient (Wildman–Crippen LogP) is 5.25. The average molecular weight is 573 g/mol. The molecule has 7 rings (SSSR count). The van der Waals surface area contributed by atoms with Gasteiger partial charge in [-0.15, -0.1) is 5.10 Å². The first-order valence-electron chi connectivity index (χ1n) is 14.1. The van der Waals surface area contributed by atoms with E-state index in [2.05, 4.69) is 37.8 Å². The van der Waals surface area contributed by atoms with E-state index in [0.29, 0.717) is 59.9 Å². The summed E-state index contributed by atoms with van der Waals surface area (Å²) in [5.74, 6) is 2.94.